The third-order valence-electron chi connectivity index (χ3n) is 7.60. The molecule has 2 aliphatic rings. The molecule has 9 heteroatoms. The Morgan fingerprint density at radius 3 is 1.95 bits per heavy atom. The van der Waals surface area contributed by atoms with Gasteiger partial charge in [-0.3, -0.25) is 14.9 Å². The fourth-order valence-corrected chi connectivity index (χ4v) is 6.96. The number of hydrogen-bond donors (Lipinski definition) is 1. The van der Waals surface area contributed by atoms with Crippen LogP contribution in [0, 0.1) is 5.92 Å². The number of benzene rings is 3. The fraction of sp³-hybridized carbons (Fsp3) is 0.333. The van der Waals surface area contributed by atoms with Gasteiger partial charge in [0, 0.05) is 26.1 Å². The average molecular weight is 606 g/mol. The molecule has 5 rings (SSSR count). The van der Waals surface area contributed by atoms with Crippen molar-refractivity contribution in [3.8, 4) is 0 Å². The molecule has 0 spiro atoms. The second kappa shape index (κ2) is 12.1. The van der Waals surface area contributed by atoms with Gasteiger partial charge in [0.15, 0.2) is 0 Å². The van der Waals surface area contributed by atoms with E-state index in [9.17, 15) is 9.59 Å². The number of nitrogens with one attached hydrogen (secondary N) is 1. The number of hydrogen-bond acceptors (Lipinski definition) is 4. The summed E-state index contributed by atoms with van der Waals surface area (Å²) in [5.41, 5.74) is 2.58. The smallest absolute Gasteiger partial charge is 0.323 e. The number of halogens is 4. The molecule has 0 aromatic heterocycles. The van der Waals surface area contributed by atoms with Crippen LogP contribution in [-0.2, 0) is 14.3 Å². The summed E-state index contributed by atoms with van der Waals surface area (Å²) in [5.74, 6) is -0.945. The maximum atomic E-state index is 14.7. The summed E-state index contributed by atoms with van der Waals surface area (Å²) in [5, 5.41) is 5.44. The average Bonchev–Trinajstić information content (AvgIpc) is 3.55. The van der Waals surface area contributed by atoms with Gasteiger partial charge in [0.25, 0.3) is 0 Å². The maximum Gasteiger partial charge on any atom is 0.323 e. The molecule has 2 aliphatic heterocycles. The molecule has 2 saturated heterocycles. The van der Waals surface area contributed by atoms with Gasteiger partial charge in [-0.2, -0.15) is 0 Å². The molecular weight excluding hydrogens is 578 g/mol. The first kappa shape index (κ1) is 28.3. The lowest BCUT2D eigenvalue weighted by atomic mass is 9.90. The monoisotopic (exact) mass is 604 g/mol. The van der Waals surface area contributed by atoms with E-state index in [1.165, 1.54) is 0 Å². The molecule has 2 fully saturated rings. The molecule has 0 aliphatic carbocycles. The van der Waals surface area contributed by atoms with Crippen LogP contribution in [0.15, 0.2) is 66.7 Å². The Kier molecular flexibility index (Phi) is 8.75. The largest absolute Gasteiger partial charge is 0.465 e. The number of ether oxygens (including phenoxy) is 1. The molecule has 3 aromatic rings. The highest BCUT2D eigenvalue weighted by molar-refractivity contribution is 6.35. The van der Waals surface area contributed by atoms with E-state index in [0.717, 1.165) is 16.7 Å². The van der Waals surface area contributed by atoms with Crippen molar-refractivity contribution in [1.29, 1.82) is 0 Å². The molecule has 39 heavy (non-hydrogen) atoms. The molecule has 2 heterocycles. The first-order valence-corrected chi connectivity index (χ1v) is 14.5. The minimum absolute atomic E-state index is 0.0762. The summed E-state index contributed by atoms with van der Waals surface area (Å²) in [7, 11) is 0. The Morgan fingerprint density at radius 2 is 1.44 bits per heavy atom. The van der Waals surface area contributed by atoms with Crippen LogP contribution in [0.25, 0.3) is 0 Å². The summed E-state index contributed by atoms with van der Waals surface area (Å²) in [6, 6.07) is 18.9. The van der Waals surface area contributed by atoms with E-state index in [0.29, 0.717) is 39.4 Å². The summed E-state index contributed by atoms with van der Waals surface area (Å²) >= 11 is 25.7. The van der Waals surface area contributed by atoms with E-state index in [4.69, 9.17) is 51.1 Å². The molecule has 1 N–H and O–H groups in total. The number of rotatable bonds is 6. The van der Waals surface area contributed by atoms with Crippen LogP contribution in [0.3, 0.4) is 0 Å². The highest BCUT2D eigenvalue weighted by Crippen LogP contribution is 2.50. The molecule has 3 aromatic carbocycles. The van der Waals surface area contributed by atoms with E-state index in [1.807, 2.05) is 47.4 Å². The normalized spacial score (nSPS) is 24.6. The molecule has 204 valence electrons. The summed E-state index contributed by atoms with van der Waals surface area (Å²) in [4.78, 5) is 29.3. The minimum Gasteiger partial charge on any atom is -0.465 e. The lowest BCUT2D eigenvalue weighted by molar-refractivity contribution is -0.145. The predicted octanol–water partition coefficient (Wildman–Crippen LogP) is 7.99. The van der Waals surface area contributed by atoms with Gasteiger partial charge in [-0.05, 0) is 67.1 Å². The van der Waals surface area contributed by atoms with Crippen LogP contribution in [0.4, 0.5) is 0 Å². The van der Waals surface area contributed by atoms with Crippen molar-refractivity contribution in [1.82, 2.24) is 10.2 Å². The molecule has 5 atom stereocenters. The standard InChI is InChI=1S/C30H28Cl4N2O3/c1-2-39-30(38)25-16-22(28(35-25)17-6-4-3-5-7-17)29(37)36-26(20-10-8-18(31)14-23(20)33)12-13-27(36)21-11-9-19(32)15-24(21)34/h3-11,14-15,22,25-28,35H,2,12-13,16H2,1H3/t22-,25-,26-,27-,28-/m1/s1. The fourth-order valence-electron chi connectivity index (χ4n) is 5.89. The van der Waals surface area contributed by atoms with Gasteiger partial charge in [-0.1, -0.05) is 88.9 Å². The van der Waals surface area contributed by atoms with Crippen LogP contribution in [0.1, 0.15) is 61.0 Å². The van der Waals surface area contributed by atoms with Gasteiger partial charge in [0.05, 0.1) is 24.6 Å². The molecule has 5 nitrogen and oxygen atoms in total. The summed E-state index contributed by atoms with van der Waals surface area (Å²) < 4.78 is 5.31. The number of amides is 1. The minimum atomic E-state index is -0.596. The number of nitrogens with zero attached hydrogens (tertiary/aromatic N) is 1. The molecule has 0 bridgehead atoms. The van der Waals surface area contributed by atoms with Gasteiger partial charge in [0.1, 0.15) is 6.04 Å². The zero-order chi connectivity index (χ0) is 27.7. The van der Waals surface area contributed by atoms with Crippen molar-refractivity contribution < 1.29 is 14.3 Å². The topological polar surface area (TPSA) is 58.6 Å². The number of likely N-dealkylation sites (tertiary alicyclic amines) is 1. The van der Waals surface area contributed by atoms with Crippen molar-refractivity contribution in [3.05, 3.63) is 104 Å². The molecule has 0 saturated carbocycles. The van der Waals surface area contributed by atoms with Gasteiger partial charge in [-0.25, -0.2) is 0 Å². The van der Waals surface area contributed by atoms with E-state index >= 15 is 0 Å². The van der Waals surface area contributed by atoms with Crippen molar-refractivity contribution >= 4 is 58.3 Å². The Morgan fingerprint density at radius 1 is 0.872 bits per heavy atom. The number of esters is 1. The molecule has 0 radical (unpaired) electrons. The van der Waals surface area contributed by atoms with Crippen LogP contribution in [-0.4, -0.2) is 29.4 Å². The zero-order valence-corrected chi connectivity index (χ0v) is 24.3. The highest BCUT2D eigenvalue weighted by atomic mass is 35.5. The number of carbonyl (C=O) groups excluding carboxylic acids is 2. The number of carbonyl (C=O) groups is 2. The van der Waals surface area contributed by atoms with E-state index in [1.54, 1.807) is 31.2 Å². The van der Waals surface area contributed by atoms with E-state index in [2.05, 4.69) is 5.32 Å². The van der Waals surface area contributed by atoms with Crippen LogP contribution >= 0.6 is 46.4 Å². The van der Waals surface area contributed by atoms with Gasteiger partial charge < -0.3 is 9.64 Å². The van der Waals surface area contributed by atoms with Crippen molar-refractivity contribution in [3.63, 3.8) is 0 Å². The Bertz CT molecular complexity index is 1310. The lowest BCUT2D eigenvalue weighted by Gasteiger charge is -2.35. The van der Waals surface area contributed by atoms with Crippen molar-refractivity contribution in [2.24, 2.45) is 5.92 Å². The molecule has 1 amide bonds. The second-order valence-electron chi connectivity index (χ2n) is 9.89. The van der Waals surface area contributed by atoms with Gasteiger partial charge >= 0.3 is 5.97 Å². The Balaban J connectivity index is 1.57. The first-order valence-electron chi connectivity index (χ1n) is 13.0. The third kappa shape index (κ3) is 5.79. The van der Waals surface area contributed by atoms with Gasteiger partial charge in [0.2, 0.25) is 5.91 Å². The summed E-state index contributed by atoms with van der Waals surface area (Å²) in [6.45, 7) is 2.04. The quantitative estimate of drug-likeness (QED) is 0.289. The predicted molar refractivity (Wildman–Crippen MR) is 155 cm³/mol. The second-order valence-corrected chi connectivity index (χ2v) is 11.6. The van der Waals surface area contributed by atoms with Crippen LogP contribution in [0.2, 0.25) is 20.1 Å². The SMILES string of the molecule is CCOC(=O)[C@H]1C[C@@H](C(=O)N2[C@@H](c3ccc(Cl)cc3Cl)CC[C@@H]2c2ccc(Cl)cc2Cl)[C@@H](c2ccccc2)N1. The maximum absolute atomic E-state index is 14.7. The van der Waals surface area contributed by atoms with Crippen molar-refractivity contribution in [2.45, 2.75) is 50.4 Å². The first-order chi connectivity index (χ1) is 18.8. The van der Waals surface area contributed by atoms with Crippen molar-refractivity contribution in [2.75, 3.05) is 6.61 Å². The highest BCUT2D eigenvalue weighted by Gasteiger charge is 2.49. The lowest BCUT2D eigenvalue weighted by Crippen LogP contribution is -2.39. The zero-order valence-electron chi connectivity index (χ0n) is 21.2. The Hall–Kier alpha value is -2.28. The van der Waals surface area contributed by atoms with Gasteiger partial charge in [-0.15, -0.1) is 0 Å². The molecular formula is C30H28Cl4N2O3. The summed E-state index contributed by atoms with van der Waals surface area (Å²) in [6.07, 6.45) is 1.69. The molecule has 0 unspecified atom stereocenters. The van der Waals surface area contributed by atoms with Crippen LogP contribution in [0.5, 0.6) is 0 Å². The Labute approximate surface area is 248 Å². The van der Waals surface area contributed by atoms with E-state index in [-0.39, 0.29) is 36.6 Å². The third-order valence-corrected chi connectivity index (χ3v) is 8.73. The van der Waals surface area contributed by atoms with Crippen LogP contribution < -0.4 is 5.32 Å². The van der Waals surface area contributed by atoms with E-state index < -0.39 is 12.0 Å².